The van der Waals surface area contributed by atoms with Crippen molar-refractivity contribution in [3.63, 3.8) is 0 Å². The summed E-state index contributed by atoms with van der Waals surface area (Å²) in [4.78, 5) is 2.45. The Hall–Kier alpha value is -1.32. The second-order valence-electron chi connectivity index (χ2n) is 5.32. The number of hydrogen-bond donors (Lipinski definition) is 1. The molecule has 3 rings (SSSR count). The molecule has 1 aliphatic rings. The summed E-state index contributed by atoms with van der Waals surface area (Å²) in [5, 5.41) is 0. The Kier molecular flexibility index (Phi) is 4.08. The van der Waals surface area contributed by atoms with Crippen molar-refractivity contribution in [3.05, 3.63) is 63.6 Å². The van der Waals surface area contributed by atoms with Gasteiger partial charge < -0.3 is 10.6 Å². The van der Waals surface area contributed by atoms with Crippen molar-refractivity contribution in [2.45, 2.75) is 25.9 Å². The van der Waals surface area contributed by atoms with Crippen LogP contribution in [0.4, 0.5) is 5.69 Å². The third-order valence-electron chi connectivity index (χ3n) is 3.90. The van der Waals surface area contributed by atoms with Crippen molar-refractivity contribution in [2.75, 3.05) is 11.4 Å². The topological polar surface area (TPSA) is 29.3 Å². The van der Waals surface area contributed by atoms with Crippen LogP contribution in [0.25, 0.3) is 0 Å². The molecule has 0 aromatic heterocycles. The number of anilines is 1. The van der Waals surface area contributed by atoms with Crippen LogP contribution in [-0.4, -0.2) is 6.54 Å². The molecule has 20 heavy (non-hydrogen) atoms. The Bertz CT molecular complexity index is 610. The predicted octanol–water partition coefficient (Wildman–Crippen LogP) is 3.86. The molecule has 0 unspecified atom stereocenters. The number of hydrogen-bond acceptors (Lipinski definition) is 2. The zero-order chi connectivity index (χ0) is 13.9. The Labute approximate surface area is 128 Å². The maximum absolute atomic E-state index is 5.79. The summed E-state index contributed by atoms with van der Waals surface area (Å²) >= 11 is 3.59. The lowest BCUT2D eigenvalue weighted by Gasteiger charge is -2.24. The van der Waals surface area contributed by atoms with Gasteiger partial charge in [-0.3, -0.25) is 0 Å². The molecular formula is C17H19BrN2. The highest BCUT2D eigenvalue weighted by Crippen LogP contribution is 2.27. The van der Waals surface area contributed by atoms with E-state index in [2.05, 4.69) is 63.3 Å². The first-order valence-electron chi connectivity index (χ1n) is 7.07. The van der Waals surface area contributed by atoms with Crippen LogP contribution in [0.3, 0.4) is 0 Å². The number of aryl methyl sites for hydroxylation is 1. The molecule has 0 radical (unpaired) electrons. The molecule has 1 aliphatic heterocycles. The number of nitrogens with zero attached hydrogens (tertiary/aromatic N) is 1. The quantitative estimate of drug-likeness (QED) is 0.905. The van der Waals surface area contributed by atoms with E-state index >= 15 is 0 Å². The molecule has 0 fully saturated rings. The van der Waals surface area contributed by atoms with E-state index in [1.807, 2.05) is 0 Å². The van der Waals surface area contributed by atoms with E-state index in [4.69, 9.17) is 5.73 Å². The maximum Gasteiger partial charge on any atom is 0.0432 e. The summed E-state index contributed by atoms with van der Waals surface area (Å²) in [6.45, 7) is 2.66. The largest absolute Gasteiger partial charge is 0.367 e. The summed E-state index contributed by atoms with van der Waals surface area (Å²) in [5.41, 5.74) is 11.2. The third kappa shape index (κ3) is 2.89. The van der Waals surface area contributed by atoms with E-state index in [1.165, 1.54) is 35.2 Å². The Morgan fingerprint density at radius 1 is 1.10 bits per heavy atom. The van der Waals surface area contributed by atoms with E-state index in [1.54, 1.807) is 0 Å². The van der Waals surface area contributed by atoms with Crippen LogP contribution in [0.1, 0.15) is 23.1 Å². The highest BCUT2D eigenvalue weighted by atomic mass is 79.9. The van der Waals surface area contributed by atoms with Crippen LogP contribution in [0.15, 0.2) is 46.9 Å². The van der Waals surface area contributed by atoms with E-state index in [-0.39, 0.29) is 0 Å². The van der Waals surface area contributed by atoms with Gasteiger partial charge in [0.1, 0.15) is 0 Å². The SMILES string of the molecule is NCc1cc(Br)cc(N2CCCc3ccccc3C2)c1. The van der Waals surface area contributed by atoms with Crippen molar-refractivity contribution in [2.24, 2.45) is 5.73 Å². The van der Waals surface area contributed by atoms with Gasteiger partial charge in [-0.15, -0.1) is 0 Å². The molecule has 0 spiro atoms. The average Bonchev–Trinajstić information content (AvgIpc) is 2.68. The lowest BCUT2D eigenvalue weighted by atomic mass is 10.0. The molecule has 0 saturated carbocycles. The molecule has 2 aromatic carbocycles. The fourth-order valence-corrected chi connectivity index (χ4v) is 3.38. The Balaban J connectivity index is 1.93. The van der Waals surface area contributed by atoms with Crippen molar-refractivity contribution < 1.29 is 0 Å². The molecule has 0 saturated heterocycles. The first-order chi connectivity index (χ1) is 9.76. The number of fused-ring (bicyclic) bond motifs is 1. The normalized spacial score (nSPS) is 14.8. The molecular weight excluding hydrogens is 312 g/mol. The number of halogens is 1. The van der Waals surface area contributed by atoms with Gasteiger partial charge in [0, 0.05) is 29.8 Å². The standard InChI is InChI=1S/C17H19BrN2/c18-16-8-13(11-19)9-17(10-16)20-7-3-6-14-4-1-2-5-15(14)12-20/h1-2,4-5,8-10H,3,6-7,11-12,19H2. The summed E-state index contributed by atoms with van der Waals surface area (Å²) in [5.74, 6) is 0. The van der Waals surface area contributed by atoms with Crippen LogP contribution in [-0.2, 0) is 19.5 Å². The first-order valence-corrected chi connectivity index (χ1v) is 7.87. The molecule has 2 nitrogen and oxygen atoms in total. The molecule has 104 valence electrons. The van der Waals surface area contributed by atoms with Crippen molar-refractivity contribution >= 4 is 21.6 Å². The molecule has 2 N–H and O–H groups in total. The third-order valence-corrected chi connectivity index (χ3v) is 4.35. The van der Waals surface area contributed by atoms with Crippen LogP contribution in [0.2, 0.25) is 0 Å². The minimum absolute atomic E-state index is 0.580. The molecule has 0 atom stereocenters. The Morgan fingerprint density at radius 2 is 1.90 bits per heavy atom. The predicted molar refractivity (Wildman–Crippen MR) is 87.8 cm³/mol. The smallest absolute Gasteiger partial charge is 0.0432 e. The summed E-state index contributed by atoms with van der Waals surface area (Å²) in [6, 6.07) is 15.3. The highest BCUT2D eigenvalue weighted by Gasteiger charge is 2.15. The van der Waals surface area contributed by atoms with Gasteiger partial charge in [-0.25, -0.2) is 0 Å². The molecule has 1 heterocycles. The van der Waals surface area contributed by atoms with Gasteiger partial charge in [-0.2, -0.15) is 0 Å². The summed E-state index contributed by atoms with van der Waals surface area (Å²) < 4.78 is 1.10. The van der Waals surface area contributed by atoms with Gasteiger partial charge in [0.15, 0.2) is 0 Å². The van der Waals surface area contributed by atoms with E-state index < -0.39 is 0 Å². The monoisotopic (exact) mass is 330 g/mol. The number of benzene rings is 2. The molecule has 3 heteroatoms. The summed E-state index contributed by atoms with van der Waals surface area (Å²) in [6.07, 6.45) is 2.37. The minimum atomic E-state index is 0.580. The lowest BCUT2D eigenvalue weighted by molar-refractivity contribution is 0.765. The fraction of sp³-hybridized carbons (Fsp3) is 0.294. The second-order valence-corrected chi connectivity index (χ2v) is 6.23. The lowest BCUT2D eigenvalue weighted by Crippen LogP contribution is -2.22. The number of nitrogens with two attached hydrogens (primary N) is 1. The van der Waals surface area contributed by atoms with E-state index in [9.17, 15) is 0 Å². The van der Waals surface area contributed by atoms with Gasteiger partial charge >= 0.3 is 0 Å². The summed E-state index contributed by atoms with van der Waals surface area (Å²) in [7, 11) is 0. The van der Waals surface area contributed by atoms with Crippen LogP contribution in [0, 0.1) is 0 Å². The van der Waals surface area contributed by atoms with Crippen LogP contribution >= 0.6 is 15.9 Å². The van der Waals surface area contributed by atoms with Crippen molar-refractivity contribution in [1.82, 2.24) is 0 Å². The second kappa shape index (κ2) is 5.98. The van der Waals surface area contributed by atoms with Crippen LogP contribution < -0.4 is 10.6 Å². The maximum atomic E-state index is 5.79. The Morgan fingerprint density at radius 3 is 2.70 bits per heavy atom. The van der Waals surface area contributed by atoms with Crippen LogP contribution in [0.5, 0.6) is 0 Å². The average molecular weight is 331 g/mol. The first kappa shape index (κ1) is 13.7. The van der Waals surface area contributed by atoms with Gasteiger partial charge in [-0.1, -0.05) is 40.2 Å². The van der Waals surface area contributed by atoms with Gasteiger partial charge in [0.25, 0.3) is 0 Å². The van der Waals surface area contributed by atoms with Gasteiger partial charge in [0.2, 0.25) is 0 Å². The highest BCUT2D eigenvalue weighted by molar-refractivity contribution is 9.10. The van der Waals surface area contributed by atoms with Gasteiger partial charge in [0.05, 0.1) is 0 Å². The molecule has 2 aromatic rings. The van der Waals surface area contributed by atoms with Crippen molar-refractivity contribution in [3.8, 4) is 0 Å². The van der Waals surface area contributed by atoms with Crippen molar-refractivity contribution in [1.29, 1.82) is 0 Å². The minimum Gasteiger partial charge on any atom is -0.367 e. The van der Waals surface area contributed by atoms with Gasteiger partial charge in [-0.05, 0) is 47.7 Å². The van der Waals surface area contributed by atoms with E-state index in [0.717, 1.165) is 17.6 Å². The number of rotatable bonds is 2. The fourth-order valence-electron chi connectivity index (χ4n) is 2.85. The molecule has 0 aliphatic carbocycles. The zero-order valence-electron chi connectivity index (χ0n) is 11.5. The van der Waals surface area contributed by atoms with E-state index in [0.29, 0.717) is 6.54 Å². The molecule has 0 amide bonds. The zero-order valence-corrected chi connectivity index (χ0v) is 13.1. The molecule has 0 bridgehead atoms.